The molecule has 0 fully saturated rings. The van der Waals surface area contributed by atoms with E-state index in [-0.39, 0.29) is 5.82 Å². The Labute approximate surface area is 106 Å². The second kappa shape index (κ2) is 4.54. The van der Waals surface area contributed by atoms with Crippen LogP contribution >= 0.6 is 0 Å². The van der Waals surface area contributed by atoms with Gasteiger partial charge in [-0.2, -0.15) is 0 Å². The van der Waals surface area contributed by atoms with Crippen LogP contribution in [0.15, 0.2) is 36.4 Å². The summed E-state index contributed by atoms with van der Waals surface area (Å²) in [6, 6.07) is 11.4. The highest BCUT2D eigenvalue weighted by molar-refractivity contribution is 5.66. The van der Waals surface area contributed by atoms with Crippen molar-refractivity contribution in [1.29, 1.82) is 0 Å². The minimum atomic E-state index is -0.176. The monoisotopic (exact) mass is 241 g/mol. The van der Waals surface area contributed by atoms with Gasteiger partial charge < -0.3 is 5.73 Å². The van der Waals surface area contributed by atoms with Crippen LogP contribution in [-0.4, -0.2) is 0 Å². The maximum absolute atomic E-state index is 13.9. The zero-order chi connectivity index (χ0) is 12.5. The van der Waals surface area contributed by atoms with E-state index in [0.29, 0.717) is 12.1 Å². The molecule has 2 aromatic rings. The van der Waals surface area contributed by atoms with Crippen molar-refractivity contribution in [2.45, 2.75) is 25.8 Å². The second-order valence-corrected chi connectivity index (χ2v) is 4.86. The molecule has 0 radical (unpaired) electrons. The Morgan fingerprint density at radius 2 is 1.83 bits per heavy atom. The minimum Gasteiger partial charge on any atom is -0.326 e. The fourth-order valence-corrected chi connectivity index (χ4v) is 2.66. The van der Waals surface area contributed by atoms with Gasteiger partial charge in [0, 0.05) is 12.1 Å². The predicted octanol–water partition coefficient (Wildman–Crippen LogP) is 3.44. The van der Waals surface area contributed by atoms with Crippen LogP contribution in [0.5, 0.6) is 0 Å². The topological polar surface area (TPSA) is 26.0 Å². The van der Waals surface area contributed by atoms with Crippen LogP contribution in [0.1, 0.15) is 23.1 Å². The van der Waals surface area contributed by atoms with E-state index in [1.165, 1.54) is 23.6 Å². The van der Waals surface area contributed by atoms with Crippen LogP contribution < -0.4 is 5.73 Å². The number of aryl methyl sites for hydroxylation is 2. The lowest BCUT2D eigenvalue weighted by molar-refractivity contribution is 0.630. The van der Waals surface area contributed by atoms with E-state index in [1.807, 2.05) is 12.1 Å². The molecule has 1 aliphatic carbocycles. The first-order valence-corrected chi connectivity index (χ1v) is 6.38. The Morgan fingerprint density at radius 3 is 2.67 bits per heavy atom. The molecule has 0 unspecified atom stereocenters. The van der Waals surface area contributed by atoms with Gasteiger partial charge >= 0.3 is 0 Å². The number of hydrogen-bond acceptors (Lipinski definition) is 1. The number of fused-ring (bicyclic) bond motifs is 1. The van der Waals surface area contributed by atoms with E-state index in [9.17, 15) is 4.39 Å². The highest BCUT2D eigenvalue weighted by Gasteiger charge is 2.13. The van der Waals surface area contributed by atoms with Gasteiger partial charge in [0.05, 0.1) is 0 Å². The summed E-state index contributed by atoms with van der Waals surface area (Å²) in [6.45, 7) is 0.443. The van der Waals surface area contributed by atoms with Crippen LogP contribution in [0.4, 0.5) is 4.39 Å². The van der Waals surface area contributed by atoms with Crippen molar-refractivity contribution in [2.75, 3.05) is 0 Å². The predicted molar refractivity (Wildman–Crippen MR) is 71.8 cm³/mol. The van der Waals surface area contributed by atoms with Crippen molar-refractivity contribution >= 4 is 0 Å². The number of hydrogen-bond donors (Lipinski definition) is 1. The van der Waals surface area contributed by atoms with Crippen molar-refractivity contribution in [2.24, 2.45) is 5.73 Å². The van der Waals surface area contributed by atoms with Gasteiger partial charge in [-0.05, 0) is 53.6 Å². The van der Waals surface area contributed by atoms with Crippen molar-refractivity contribution < 1.29 is 4.39 Å². The second-order valence-electron chi connectivity index (χ2n) is 4.86. The fourth-order valence-electron chi connectivity index (χ4n) is 2.66. The largest absolute Gasteiger partial charge is 0.326 e. The van der Waals surface area contributed by atoms with Crippen LogP contribution in [0.2, 0.25) is 0 Å². The summed E-state index contributed by atoms with van der Waals surface area (Å²) in [5, 5.41) is 0. The van der Waals surface area contributed by atoms with E-state index >= 15 is 0 Å². The first-order valence-electron chi connectivity index (χ1n) is 6.38. The Morgan fingerprint density at radius 1 is 1.00 bits per heavy atom. The summed E-state index contributed by atoms with van der Waals surface area (Å²) in [5.41, 5.74) is 11.0. The summed E-state index contributed by atoms with van der Waals surface area (Å²) < 4.78 is 13.9. The summed E-state index contributed by atoms with van der Waals surface area (Å²) >= 11 is 0. The van der Waals surface area contributed by atoms with Crippen LogP contribution in [0.25, 0.3) is 11.1 Å². The quantitative estimate of drug-likeness (QED) is 0.856. The van der Waals surface area contributed by atoms with Crippen molar-refractivity contribution in [3.8, 4) is 11.1 Å². The Balaban J connectivity index is 2.09. The molecule has 1 nitrogen and oxygen atoms in total. The Bertz CT molecular complexity index is 590. The molecule has 0 saturated heterocycles. The molecule has 2 heteroatoms. The van der Waals surface area contributed by atoms with Gasteiger partial charge in [-0.3, -0.25) is 0 Å². The minimum absolute atomic E-state index is 0.176. The number of nitrogens with two attached hydrogens (primary N) is 1. The van der Waals surface area contributed by atoms with Gasteiger partial charge in [-0.25, -0.2) is 4.39 Å². The average molecular weight is 241 g/mol. The molecular weight excluding hydrogens is 225 g/mol. The van der Waals surface area contributed by atoms with E-state index in [0.717, 1.165) is 24.0 Å². The third-order valence-electron chi connectivity index (χ3n) is 3.68. The molecule has 18 heavy (non-hydrogen) atoms. The molecule has 92 valence electrons. The van der Waals surface area contributed by atoms with Gasteiger partial charge in [0.25, 0.3) is 0 Å². The third kappa shape index (κ3) is 1.93. The first-order chi connectivity index (χ1) is 8.78. The van der Waals surface area contributed by atoms with Crippen LogP contribution in [-0.2, 0) is 19.4 Å². The van der Waals surface area contributed by atoms with Gasteiger partial charge in [0.1, 0.15) is 5.82 Å². The van der Waals surface area contributed by atoms with Crippen LogP contribution in [0.3, 0.4) is 0 Å². The lowest BCUT2D eigenvalue weighted by Gasteiger charge is -2.08. The van der Waals surface area contributed by atoms with E-state index < -0.39 is 0 Å². The molecule has 0 saturated carbocycles. The van der Waals surface area contributed by atoms with Gasteiger partial charge in [-0.15, -0.1) is 0 Å². The van der Waals surface area contributed by atoms with Crippen molar-refractivity contribution in [3.05, 3.63) is 58.9 Å². The maximum Gasteiger partial charge on any atom is 0.131 e. The highest BCUT2D eigenvalue weighted by Crippen LogP contribution is 2.30. The summed E-state index contributed by atoms with van der Waals surface area (Å²) in [5.74, 6) is -0.176. The van der Waals surface area contributed by atoms with Gasteiger partial charge in [-0.1, -0.05) is 24.3 Å². The van der Waals surface area contributed by atoms with Crippen molar-refractivity contribution in [3.63, 3.8) is 0 Å². The molecule has 2 N–H and O–H groups in total. The van der Waals surface area contributed by atoms with Gasteiger partial charge in [0.2, 0.25) is 0 Å². The molecule has 0 atom stereocenters. The normalized spacial score (nSPS) is 13.7. The molecule has 0 heterocycles. The van der Waals surface area contributed by atoms with Gasteiger partial charge in [0.15, 0.2) is 0 Å². The SMILES string of the molecule is NCc1ccc(F)c(-c2ccc3c(c2)CCC3)c1. The highest BCUT2D eigenvalue weighted by atomic mass is 19.1. The lowest BCUT2D eigenvalue weighted by Crippen LogP contribution is -1.97. The average Bonchev–Trinajstić information content (AvgIpc) is 2.86. The first kappa shape index (κ1) is 11.4. The summed E-state index contributed by atoms with van der Waals surface area (Å²) in [7, 11) is 0. The molecule has 0 bridgehead atoms. The molecular formula is C16H16FN. The zero-order valence-corrected chi connectivity index (χ0v) is 10.2. The summed E-state index contributed by atoms with van der Waals surface area (Å²) in [6.07, 6.45) is 3.48. The van der Waals surface area contributed by atoms with E-state index in [2.05, 4.69) is 12.1 Å². The van der Waals surface area contributed by atoms with Crippen LogP contribution in [0, 0.1) is 5.82 Å². The molecule has 3 rings (SSSR count). The smallest absolute Gasteiger partial charge is 0.131 e. The number of benzene rings is 2. The molecule has 1 aliphatic rings. The molecule has 0 aromatic heterocycles. The van der Waals surface area contributed by atoms with Crippen molar-refractivity contribution in [1.82, 2.24) is 0 Å². The molecule has 0 amide bonds. The third-order valence-corrected chi connectivity index (χ3v) is 3.68. The summed E-state index contributed by atoms with van der Waals surface area (Å²) in [4.78, 5) is 0. The van der Waals surface area contributed by atoms with E-state index in [4.69, 9.17) is 5.73 Å². The fraction of sp³-hybridized carbons (Fsp3) is 0.250. The lowest BCUT2D eigenvalue weighted by atomic mass is 9.98. The standard InChI is InChI=1S/C16H16FN/c17-16-7-4-11(10-18)8-15(16)14-6-5-12-2-1-3-13(12)9-14/h4-9H,1-3,10,18H2. The number of halogens is 1. The molecule has 2 aromatic carbocycles. The Kier molecular flexibility index (Phi) is 2.88. The Hall–Kier alpha value is -1.67. The molecule has 0 spiro atoms. The zero-order valence-electron chi connectivity index (χ0n) is 10.2. The molecule has 0 aliphatic heterocycles. The number of rotatable bonds is 2. The van der Waals surface area contributed by atoms with E-state index in [1.54, 1.807) is 6.07 Å². The maximum atomic E-state index is 13.9.